The number of thiazole rings is 1. The number of aromatic amines is 1. The Kier molecular flexibility index (Phi) is 4.43. The molecule has 0 bridgehead atoms. The molecule has 1 aliphatic rings. The summed E-state index contributed by atoms with van der Waals surface area (Å²) >= 11 is 0.438. The molecule has 0 spiro atoms. The van der Waals surface area contributed by atoms with Crippen LogP contribution in [-0.4, -0.2) is 27.7 Å². The lowest BCUT2D eigenvalue weighted by Gasteiger charge is -2.22. The number of carbonyl (C=O) groups excluding carboxylic acids is 1. The molecule has 1 fully saturated rings. The molecule has 5 rings (SSSR count). The van der Waals surface area contributed by atoms with Crippen LogP contribution in [0.3, 0.4) is 0 Å². The van der Waals surface area contributed by atoms with Crippen molar-refractivity contribution in [1.82, 2.24) is 15.0 Å². The summed E-state index contributed by atoms with van der Waals surface area (Å²) < 4.78 is 58.5. The highest BCUT2D eigenvalue weighted by Crippen LogP contribution is 2.39. The summed E-state index contributed by atoms with van der Waals surface area (Å²) in [6.07, 6.45) is -2.59. The van der Waals surface area contributed by atoms with E-state index in [1.54, 1.807) is 18.2 Å². The number of carbonyl (C=O) groups is 1. The van der Waals surface area contributed by atoms with Crippen molar-refractivity contribution in [1.29, 1.82) is 0 Å². The highest BCUT2D eigenvalue weighted by atomic mass is 32.1. The fourth-order valence-electron chi connectivity index (χ4n) is 3.50. The second kappa shape index (κ2) is 7.05. The van der Waals surface area contributed by atoms with E-state index in [1.165, 1.54) is 23.4 Å². The summed E-state index contributed by atoms with van der Waals surface area (Å²) in [6.45, 7) is -0.0606. The maximum absolute atomic E-state index is 15.0. The quantitative estimate of drug-likeness (QED) is 0.418. The normalized spacial score (nSPS) is 16.8. The Morgan fingerprint density at radius 3 is 2.74 bits per heavy atom. The average Bonchev–Trinajstić information content (AvgIpc) is 3.46. The molecule has 1 N–H and O–H groups in total. The molecule has 6 nitrogen and oxygen atoms in total. The monoisotopic (exact) mass is 448 g/mol. The maximum Gasteiger partial charge on any atom is 0.443 e. The molecule has 4 aromatic rings. The van der Waals surface area contributed by atoms with Gasteiger partial charge in [0.15, 0.2) is 5.01 Å². The number of amides is 1. The molecule has 1 atom stereocenters. The first kappa shape index (κ1) is 19.5. The van der Waals surface area contributed by atoms with Crippen LogP contribution in [0.2, 0.25) is 0 Å². The first-order chi connectivity index (χ1) is 14.8. The number of halogens is 4. The molecule has 2 aromatic heterocycles. The Morgan fingerprint density at radius 1 is 1.16 bits per heavy atom. The van der Waals surface area contributed by atoms with Gasteiger partial charge in [0.25, 0.3) is 0 Å². The smallest absolute Gasteiger partial charge is 0.443 e. The molecule has 0 unspecified atom stereocenters. The van der Waals surface area contributed by atoms with E-state index in [0.717, 1.165) is 12.3 Å². The van der Waals surface area contributed by atoms with Gasteiger partial charge >= 0.3 is 12.3 Å². The molecular formula is C20H12F4N4O2S. The molecule has 0 aliphatic carbocycles. The van der Waals surface area contributed by atoms with Crippen molar-refractivity contribution in [2.75, 3.05) is 11.5 Å². The molecule has 3 heterocycles. The van der Waals surface area contributed by atoms with E-state index in [-0.39, 0.29) is 22.6 Å². The fraction of sp³-hybridized carbons (Fsp3) is 0.150. The zero-order valence-electron chi connectivity index (χ0n) is 15.5. The molecule has 1 aliphatic heterocycles. The van der Waals surface area contributed by atoms with Crippen LogP contribution in [0.4, 0.5) is 28.0 Å². The van der Waals surface area contributed by atoms with Gasteiger partial charge in [-0.15, -0.1) is 11.3 Å². The highest BCUT2D eigenvalue weighted by molar-refractivity contribution is 7.15. The summed E-state index contributed by atoms with van der Waals surface area (Å²) in [5, 5.41) is -0.998. The second-order valence-electron chi connectivity index (χ2n) is 6.83. The van der Waals surface area contributed by atoms with Crippen molar-refractivity contribution < 1.29 is 27.1 Å². The third-order valence-corrected chi connectivity index (χ3v) is 6.04. The van der Waals surface area contributed by atoms with E-state index in [0.29, 0.717) is 28.1 Å². The number of hydrogen-bond acceptors (Lipinski definition) is 5. The van der Waals surface area contributed by atoms with Gasteiger partial charge in [-0.25, -0.2) is 19.2 Å². The largest absolute Gasteiger partial charge is 0.447 e. The van der Waals surface area contributed by atoms with Crippen molar-refractivity contribution >= 4 is 34.2 Å². The van der Waals surface area contributed by atoms with Crippen LogP contribution >= 0.6 is 11.3 Å². The molecule has 31 heavy (non-hydrogen) atoms. The van der Waals surface area contributed by atoms with Gasteiger partial charge in [0.2, 0.25) is 0 Å². The van der Waals surface area contributed by atoms with Crippen LogP contribution in [-0.2, 0) is 10.9 Å². The number of hydrogen-bond donors (Lipinski definition) is 1. The number of nitrogens with one attached hydrogen (secondary N) is 1. The van der Waals surface area contributed by atoms with E-state index in [4.69, 9.17) is 4.74 Å². The third kappa shape index (κ3) is 3.40. The van der Waals surface area contributed by atoms with E-state index in [2.05, 4.69) is 15.0 Å². The van der Waals surface area contributed by atoms with Gasteiger partial charge in [-0.05, 0) is 29.8 Å². The van der Waals surface area contributed by atoms with Crippen LogP contribution < -0.4 is 4.90 Å². The Balaban J connectivity index is 1.48. The lowest BCUT2D eigenvalue weighted by molar-refractivity contribution is -0.137. The van der Waals surface area contributed by atoms with Gasteiger partial charge in [-0.1, -0.05) is 12.1 Å². The Morgan fingerprint density at radius 2 is 2.00 bits per heavy atom. The number of anilines is 1. The van der Waals surface area contributed by atoms with Crippen molar-refractivity contribution in [3.8, 4) is 10.4 Å². The summed E-state index contributed by atoms with van der Waals surface area (Å²) in [6, 6.07) is 8.49. The zero-order valence-corrected chi connectivity index (χ0v) is 16.3. The van der Waals surface area contributed by atoms with Crippen LogP contribution in [0.15, 0.2) is 48.9 Å². The predicted octanol–water partition coefficient (Wildman–Crippen LogP) is 5.54. The van der Waals surface area contributed by atoms with Crippen LogP contribution in [0.1, 0.15) is 16.6 Å². The number of aromatic nitrogens is 3. The molecule has 158 valence electrons. The van der Waals surface area contributed by atoms with E-state index in [9.17, 15) is 18.0 Å². The minimum Gasteiger partial charge on any atom is -0.447 e. The number of cyclic esters (lactones) is 1. The number of nitrogens with zero attached hydrogens (tertiary/aromatic N) is 3. The van der Waals surface area contributed by atoms with Gasteiger partial charge in [0, 0.05) is 11.8 Å². The zero-order chi connectivity index (χ0) is 21.8. The maximum atomic E-state index is 15.0. The van der Waals surface area contributed by atoms with Gasteiger partial charge in [-0.2, -0.15) is 13.2 Å². The van der Waals surface area contributed by atoms with Crippen molar-refractivity contribution in [2.24, 2.45) is 0 Å². The van der Waals surface area contributed by atoms with Crippen LogP contribution in [0.25, 0.3) is 21.5 Å². The van der Waals surface area contributed by atoms with Crippen LogP contribution in [0.5, 0.6) is 0 Å². The lowest BCUT2D eigenvalue weighted by atomic mass is 10.0. The minimum absolute atomic E-state index is 0.0606. The molecule has 0 saturated carbocycles. The third-order valence-electron chi connectivity index (χ3n) is 4.95. The number of alkyl halides is 3. The number of imidazole rings is 1. The first-order valence-electron chi connectivity index (χ1n) is 9.03. The molecule has 2 aromatic carbocycles. The summed E-state index contributed by atoms with van der Waals surface area (Å²) in [5.41, 5.74) is 2.39. The van der Waals surface area contributed by atoms with Gasteiger partial charge < -0.3 is 9.72 Å². The Hall–Kier alpha value is -3.47. The molecule has 1 saturated heterocycles. The van der Waals surface area contributed by atoms with E-state index >= 15 is 4.39 Å². The number of benzene rings is 2. The molecular weight excluding hydrogens is 436 g/mol. The van der Waals surface area contributed by atoms with Crippen molar-refractivity contribution in [3.63, 3.8) is 0 Å². The SMILES string of the molecule is O=C1OC[C@H](c2ccc(-c3cnc(C(F)(F)F)s3)cc2F)N1c1ccc2nc[nH]c2c1. The van der Waals surface area contributed by atoms with Crippen molar-refractivity contribution in [3.05, 3.63) is 65.3 Å². The Labute approximate surface area is 176 Å². The topological polar surface area (TPSA) is 71.1 Å². The van der Waals surface area contributed by atoms with Gasteiger partial charge in [-0.3, -0.25) is 4.90 Å². The lowest BCUT2D eigenvalue weighted by Crippen LogP contribution is -2.27. The fourth-order valence-corrected chi connectivity index (χ4v) is 4.28. The average molecular weight is 448 g/mol. The van der Waals surface area contributed by atoms with Gasteiger partial charge in [0.05, 0.1) is 27.9 Å². The molecule has 0 radical (unpaired) electrons. The number of fused-ring (bicyclic) bond motifs is 1. The summed E-state index contributed by atoms with van der Waals surface area (Å²) in [7, 11) is 0. The second-order valence-corrected chi connectivity index (χ2v) is 7.86. The van der Waals surface area contributed by atoms with Crippen LogP contribution in [0, 0.1) is 5.82 Å². The molecule has 11 heteroatoms. The summed E-state index contributed by atoms with van der Waals surface area (Å²) in [5.74, 6) is -0.657. The van der Waals surface area contributed by atoms with E-state index in [1.807, 2.05) is 0 Å². The van der Waals surface area contributed by atoms with Gasteiger partial charge in [0.1, 0.15) is 18.5 Å². The van der Waals surface area contributed by atoms with E-state index < -0.39 is 29.1 Å². The number of rotatable bonds is 3. The minimum atomic E-state index is -4.56. The molecule has 1 amide bonds. The highest BCUT2D eigenvalue weighted by Gasteiger charge is 2.37. The number of H-pyrrole nitrogens is 1. The summed E-state index contributed by atoms with van der Waals surface area (Å²) in [4.78, 5) is 24.4. The van der Waals surface area contributed by atoms with Crippen molar-refractivity contribution in [2.45, 2.75) is 12.2 Å². The predicted molar refractivity (Wildman–Crippen MR) is 105 cm³/mol. The first-order valence-corrected chi connectivity index (χ1v) is 9.85. The Bertz CT molecular complexity index is 1300. The standard InChI is InChI=1S/C20H12F4N4O2S/c21-13-5-10(17-7-25-18(31-17)20(22,23)24)1-3-12(13)16-8-30-19(29)28(16)11-2-4-14-15(6-11)27-9-26-14/h1-7,9,16H,8H2,(H,26,27)/t16-/m1/s1. The number of ether oxygens (including phenoxy) is 1.